The van der Waals surface area contributed by atoms with Crippen LogP contribution in [0.15, 0.2) is 133 Å². The van der Waals surface area contributed by atoms with Gasteiger partial charge in [0.05, 0.1) is 37.7 Å². The number of hydrogen-bond acceptors (Lipinski definition) is 4. The summed E-state index contributed by atoms with van der Waals surface area (Å²) in [6, 6.07) is 20.1. The SMILES string of the molecule is C=C(C(=C)C(=C)C1=CCON(c2ccccc2)C1)C(=C)C1=CCON(c2ccccc2)C1. The second kappa shape index (κ2) is 9.69. The molecule has 0 fully saturated rings. The first kappa shape index (κ1) is 21.6. The van der Waals surface area contributed by atoms with Crippen LogP contribution in [0.3, 0.4) is 0 Å². The van der Waals surface area contributed by atoms with Crippen LogP contribution in [0.4, 0.5) is 11.4 Å². The number of hydroxylamine groups is 2. The van der Waals surface area contributed by atoms with Crippen molar-refractivity contribution < 1.29 is 9.68 Å². The molecule has 32 heavy (non-hydrogen) atoms. The molecule has 2 aromatic carbocycles. The van der Waals surface area contributed by atoms with E-state index in [9.17, 15) is 0 Å². The van der Waals surface area contributed by atoms with E-state index in [2.05, 4.69) is 26.3 Å². The summed E-state index contributed by atoms with van der Waals surface area (Å²) < 4.78 is 0. The first-order valence-corrected chi connectivity index (χ1v) is 10.6. The molecule has 2 aliphatic rings. The first-order chi connectivity index (χ1) is 15.5. The maximum absolute atomic E-state index is 5.80. The highest BCUT2D eigenvalue weighted by Gasteiger charge is 2.22. The molecule has 0 N–H and O–H groups in total. The predicted octanol–water partition coefficient (Wildman–Crippen LogP) is 5.97. The van der Waals surface area contributed by atoms with Gasteiger partial charge in [0.1, 0.15) is 0 Å². The molecule has 4 nitrogen and oxygen atoms in total. The Bertz CT molecular complexity index is 1010. The minimum Gasteiger partial charge on any atom is -0.269 e. The zero-order valence-corrected chi connectivity index (χ0v) is 18.3. The van der Waals surface area contributed by atoms with Gasteiger partial charge in [-0.15, -0.1) is 0 Å². The van der Waals surface area contributed by atoms with Crippen molar-refractivity contribution in [1.29, 1.82) is 0 Å². The summed E-state index contributed by atoms with van der Waals surface area (Å²) in [7, 11) is 0. The second-order valence-electron chi connectivity index (χ2n) is 7.71. The zero-order valence-electron chi connectivity index (χ0n) is 18.3. The Hall–Kier alpha value is -3.60. The molecule has 4 heteroatoms. The minimum atomic E-state index is 0.485. The Morgan fingerprint density at radius 3 is 1.34 bits per heavy atom. The Kier molecular flexibility index (Phi) is 6.55. The van der Waals surface area contributed by atoms with E-state index in [1.165, 1.54) is 0 Å². The van der Waals surface area contributed by atoms with Gasteiger partial charge in [0, 0.05) is 0 Å². The molecule has 2 aliphatic heterocycles. The standard InChI is InChI=1S/C28H28N2O2/c1-21(23(3)25-15-17-31-29(19-25)27-11-7-5-8-12-27)22(2)24(4)26-16-18-32-30(20-26)28-13-9-6-10-14-28/h5-16H,1-4,17-20H2. The highest BCUT2D eigenvalue weighted by atomic mass is 16.7. The lowest BCUT2D eigenvalue weighted by Crippen LogP contribution is -2.31. The van der Waals surface area contributed by atoms with E-state index in [-0.39, 0.29) is 0 Å². The smallest absolute Gasteiger partial charge is 0.0937 e. The number of para-hydroxylation sites is 2. The number of hydrogen-bond donors (Lipinski definition) is 0. The molecule has 4 rings (SSSR count). The van der Waals surface area contributed by atoms with Crippen molar-refractivity contribution in [2.45, 2.75) is 0 Å². The summed E-state index contributed by atoms with van der Waals surface area (Å²) in [4.78, 5) is 11.6. The lowest BCUT2D eigenvalue weighted by Gasteiger charge is -2.31. The van der Waals surface area contributed by atoms with Crippen LogP contribution in [-0.4, -0.2) is 26.3 Å². The van der Waals surface area contributed by atoms with Crippen LogP contribution in [0.5, 0.6) is 0 Å². The van der Waals surface area contributed by atoms with E-state index in [4.69, 9.17) is 9.68 Å². The summed E-state index contributed by atoms with van der Waals surface area (Å²) in [5.41, 5.74) is 7.45. The van der Waals surface area contributed by atoms with E-state index in [0.29, 0.717) is 26.3 Å². The highest BCUT2D eigenvalue weighted by molar-refractivity contribution is 5.64. The fraction of sp³-hybridized carbons (Fsp3) is 0.143. The van der Waals surface area contributed by atoms with Gasteiger partial charge in [0.25, 0.3) is 0 Å². The van der Waals surface area contributed by atoms with Gasteiger partial charge >= 0.3 is 0 Å². The second-order valence-corrected chi connectivity index (χ2v) is 7.71. The van der Waals surface area contributed by atoms with Crippen LogP contribution >= 0.6 is 0 Å². The van der Waals surface area contributed by atoms with Gasteiger partial charge in [-0.05, 0) is 57.7 Å². The van der Waals surface area contributed by atoms with E-state index in [1.807, 2.05) is 82.9 Å². The molecule has 2 aromatic rings. The molecule has 0 unspecified atom stereocenters. The molecule has 0 spiro atoms. The van der Waals surface area contributed by atoms with Gasteiger partial charge in [-0.3, -0.25) is 9.68 Å². The molecule has 0 atom stereocenters. The molecule has 0 amide bonds. The van der Waals surface area contributed by atoms with Crippen molar-refractivity contribution in [2.75, 3.05) is 36.4 Å². The van der Waals surface area contributed by atoms with Crippen LogP contribution in [-0.2, 0) is 9.68 Å². The van der Waals surface area contributed by atoms with E-state index < -0.39 is 0 Å². The monoisotopic (exact) mass is 424 g/mol. The quantitative estimate of drug-likeness (QED) is 0.512. The Morgan fingerprint density at radius 2 is 0.969 bits per heavy atom. The molecule has 0 saturated carbocycles. The number of anilines is 2. The van der Waals surface area contributed by atoms with Gasteiger partial charge in [-0.25, -0.2) is 10.1 Å². The summed E-state index contributed by atoms with van der Waals surface area (Å²) in [5.74, 6) is 0. The fourth-order valence-electron chi connectivity index (χ4n) is 3.69. The van der Waals surface area contributed by atoms with Crippen molar-refractivity contribution in [3.8, 4) is 0 Å². The van der Waals surface area contributed by atoms with Crippen LogP contribution < -0.4 is 10.1 Å². The van der Waals surface area contributed by atoms with Crippen LogP contribution in [0, 0.1) is 0 Å². The average molecular weight is 425 g/mol. The van der Waals surface area contributed by atoms with Gasteiger partial charge in [0.15, 0.2) is 0 Å². The van der Waals surface area contributed by atoms with Crippen molar-refractivity contribution in [3.63, 3.8) is 0 Å². The van der Waals surface area contributed by atoms with Gasteiger partial charge in [-0.1, -0.05) is 74.9 Å². The highest BCUT2D eigenvalue weighted by Crippen LogP contribution is 2.33. The lowest BCUT2D eigenvalue weighted by atomic mass is 9.88. The first-order valence-electron chi connectivity index (χ1n) is 10.6. The van der Waals surface area contributed by atoms with Gasteiger partial charge in [0.2, 0.25) is 0 Å². The molecule has 0 aromatic heterocycles. The number of rotatable bonds is 7. The zero-order chi connectivity index (χ0) is 22.5. The maximum atomic E-state index is 5.80. The third kappa shape index (κ3) is 4.67. The Morgan fingerprint density at radius 1 is 0.594 bits per heavy atom. The topological polar surface area (TPSA) is 24.9 Å². The minimum absolute atomic E-state index is 0.485. The molecular formula is C28H28N2O2. The number of allylic oxidation sites excluding steroid dienone is 2. The Balaban J connectivity index is 1.42. The third-order valence-corrected chi connectivity index (χ3v) is 5.70. The van der Waals surface area contributed by atoms with Gasteiger partial charge < -0.3 is 0 Å². The maximum Gasteiger partial charge on any atom is 0.0937 e. The molecule has 0 aliphatic carbocycles. The number of nitrogens with zero attached hydrogens (tertiary/aromatic N) is 2. The summed E-state index contributed by atoms with van der Waals surface area (Å²) in [5, 5.41) is 3.76. The van der Waals surface area contributed by atoms with Gasteiger partial charge in [-0.2, -0.15) is 0 Å². The molecule has 0 bridgehead atoms. The number of benzene rings is 2. The largest absolute Gasteiger partial charge is 0.269 e. The average Bonchev–Trinajstić information content (AvgIpc) is 2.88. The molecule has 2 heterocycles. The summed E-state index contributed by atoms with van der Waals surface area (Å²) in [6.45, 7) is 19.4. The molecule has 162 valence electrons. The lowest BCUT2D eigenvalue weighted by molar-refractivity contribution is 0.130. The van der Waals surface area contributed by atoms with Crippen molar-refractivity contribution in [1.82, 2.24) is 0 Å². The van der Waals surface area contributed by atoms with Crippen molar-refractivity contribution in [3.05, 3.63) is 133 Å². The van der Waals surface area contributed by atoms with Crippen LogP contribution in [0.25, 0.3) is 0 Å². The fourth-order valence-corrected chi connectivity index (χ4v) is 3.69. The molecule has 0 radical (unpaired) electrons. The molecule has 0 saturated heterocycles. The molecular weight excluding hydrogens is 396 g/mol. The van der Waals surface area contributed by atoms with Crippen LogP contribution in [0.1, 0.15) is 0 Å². The van der Waals surface area contributed by atoms with Crippen molar-refractivity contribution >= 4 is 11.4 Å². The van der Waals surface area contributed by atoms with E-state index in [0.717, 1.165) is 44.8 Å². The van der Waals surface area contributed by atoms with E-state index >= 15 is 0 Å². The third-order valence-electron chi connectivity index (χ3n) is 5.70. The normalized spacial score (nSPS) is 16.1. The summed E-state index contributed by atoms with van der Waals surface area (Å²) in [6.07, 6.45) is 4.10. The Labute approximate surface area is 190 Å². The van der Waals surface area contributed by atoms with Crippen molar-refractivity contribution in [2.24, 2.45) is 0 Å². The summed E-state index contributed by atoms with van der Waals surface area (Å²) >= 11 is 0. The predicted molar refractivity (Wildman–Crippen MR) is 132 cm³/mol. The van der Waals surface area contributed by atoms with Crippen LogP contribution in [0.2, 0.25) is 0 Å². The van der Waals surface area contributed by atoms with E-state index in [1.54, 1.807) is 0 Å².